The molecule has 2 N–H and O–H groups in total. The Morgan fingerprint density at radius 1 is 0.848 bits per heavy atom. The van der Waals surface area contributed by atoms with Gasteiger partial charge < -0.3 is 10.6 Å². The summed E-state index contributed by atoms with van der Waals surface area (Å²) in [7, 11) is 0. The van der Waals surface area contributed by atoms with E-state index in [2.05, 4.69) is 10.6 Å². The molecule has 0 saturated heterocycles. The third kappa shape index (κ3) is 4.73. The molecular weight excluding hydrogens is 485 g/mol. The molecule has 0 saturated carbocycles. The number of nitrogens with zero attached hydrogens (tertiary/aromatic N) is 1. The molecule has 0 radical (unpaired) electrons. The lowest BCUT2D eigenvalue weighted by Gasteiger charge is -2.15. The fourth-order valence-electron chi connectivity index (χ4n) is 3.22. The molecule has 0 atom stereocenters. The van der Waals surface area contributed by atoms with Crippen LogP contribution in [-0.2, 0) is 9.59 Å². The average Bonchev–Trinajstić information content (AvgIpc) is 2.99. The van der Waals surface area contributed by atoms with Gasteiger partial charge in [0, 0.05) is 27.0 Å². The standard InChI is InChI=1S/C24H16Cl3N3O3/c1-13-8-9-17(12-19(13)26)29-22(31)14-4-2-6-16(10-14)28-21-20(27)23(32)30(24(21)33)18-7-3-5-15(25)11-18/h2-12,28H,1H3,(H,29,31). The van der Waals surface area contributed by atoms with Gasteiger partial charge >= 0.3 is 0 Å². The number of carbonyl (C=O) groups excluding carboxylic acids is 3. The molecule has 0 aromatic heterocycles. The molecule has 3 amide bonds. The zero-order valence-electron chi connectivity index (χ0n) is 17.2. The molecule has 166 valence electrons. The number of carbonyl (C=O) groups is 3. The minimum absolute atomic E-state index is 0.0930. The van der Waals surface area contributed by atoms with Crippen LogP contribution >= 0.6 is 34.8 Å². The van der Waals surface area contributed by atoms with Gasteiger partial charge in [-0.05, 0) is 61.0 Å². The summed E-state index contributed by atoms with van der Waals surface area (Å²) in [4.78, 5) is 39.2. The van der Waals surface area contributed by atoms with E-state index in [0.29, 0.717) is 32.7 Å². The van der Waals surface area contributed by atoms with Crippen LogP contribution in [0.4, 0.5) is 17.1 Å². The van der Waals surface area contributed by atoms with E-state index in [9.17, 15) is 14.4 Å². The van der Waals surface area contributed by atoms with Gasteiger partial charge in [0.05, 0.1) is 5.69 Å². The molecule has 9 heteroatoms. The number of rotatable bonds is 5. The van der Waals surface area contributed by atoms with Crippen molar-refractivity contribution >= 4 is 69.6 Å². The lowest BCUT2D eigenvalue weighted by atomic mass is 10.1. The van der Waals surface area contributed by atoms with Crippen molar-refractivity contribution in [3.05, 3.63) is 98.6 Å². The second kappa shape index (κ2) is 9.27. The summed E-state index contributed by atoms with van der Waals surface area (Å²) in [6.45, 7) is 1.87. The van der Waals surface area contributed by atoms with Crippen LogP contribution in [0.15, 0.2) is 77.5 Å². The molecule has 33 heavy (non-hydrogen) atoms. The van der Waals surface area contributed by atoms with Crippen LogP contribution in [0.25, 0.3) is 0 Å². The number of hydrogen-bond donors (Lipinski definition) is 2. The first-order chi connectivity index (χ1) is 15.7. The molecular formula is C24H16Cl3N3O3. The first-order valence-corrected chi connectivity index (χ1v) is 10.9. The van der Waals surface area contributed by atoms with Gasteiger partial charge in [-0.1, -0.05) is 53.0 Å². The molecule has 1 aliphatic heterocycles. The Labute approximate surface area is 204 Å². The van der Waals surface area contributed by atoms with Crippen LogP contribution < -0.4 is 15.5 Å². The van der Waals surface area contributed by atoms with Crippen molar-refractivity contribution in [2.75, 3.05) is 15.5 Å². The second-order valence-corrected chi connectivity index (χ2v) is 8.46. The SMILES string of the molecule is Cc1ccc(NC(=O)c2cccc(NC3=C(Cl)C(=O)N(c4cccc(Cl)c4)C3=O)c2)cc1Cl. The van der Waals surface area contributed by atoms with Crippen molar-refractivity contribution in [3.63, 3.8) is 0 Å². The van der Waals surface area contributed by atoms with Crippen LogP contribution in [0.1, 0.15) is 15.9 Å². The minimum atomic E-state index is -0.670. The maximum Gasteiger partial charge on any atom is 0.283 e. The lowest BCUT2D eigenvalue weighted by molar-refractivity contribution is -0.120. The number of halogens is 3. The van der Waals surface area contributed by atoms with Crippen LogP contribution in [0.2, 0.25) is 10.0 Å². The number of anilines is 3. The van der Waals surface area contributed by atoms with Gasteiger partial charge in [-0.25, -0.2) is 4.90 Å². The summed E-state index contributed by atoms with van der Waals surface area (Å²) in [5.74, 6) is -1.67. The van der Waals surface area contributed by atoms with E-state index < -0.39 is 11.8 Å². The van der Waals surface area contributed by atoms with Gasteiger partial charge in [-0.15, -0.1) is 0 Å². The molecule has 4 rings (SSSR count). The molecule has 3 aromatic rings. The van der Waals surface area contributed by atoms with Crippen molar-refractivity contribution in [1.29, 1.82) is 0 Å². The summed E-state index contributed by atoms with van der Waals surface area (Å²) in [6.07, 6.45) is 0. The Hall–Kier alpha value is -3.32. The van der Waals surface area contributed by atoms with Gasteiger partial charge in [0.2, 0.25) is 0 Å². The molecule has 0 fully saturated rings. The van der Waals surface area contributed by atoms with E-state index in [4.69, 9.17) is 34.8 Å². The van der Waals surface area contributed by atoms with Gasteiger partial charge in [0.25, 0.3) is 17.7 Å². The number of nitrogens with one attached hydrogen (secondary N) is 2. The third-order valence-corrected chi connectivity index (χ3v) is 5.91. The van der Waals surface area contributed by atoms with Crippen LogP contribution in [0.3, 0.4) is 0 Å². The first kappa shape index (κ1) is 22.9. The normalized spacial score (nSPS) is 13.5. The maximum atomic E-state index is 12.9. The van der Waals surface area contributed by atoms with Crippen LogP contribution in [-0.4, -0.2) is 17.7 Å². The van der Waals surface area contributed by atoms with Crippen molar-refractivity contribution in [1.82, 2.24) is 0 Å². The summed E-state index contributed by atoms with van der Waals surface area (Å²) in [6, 6.07) is 18.0. The molecule has 0 spiro atoms. The highest BCUT2D eigenvalue weighted by Gasteiger charge is 2.39. The fraction of sp³-hybridized carbons (Fsp3) is 0.0417. The molecule has 1 aliphatic rings. The molecule has 6 nitrogen and oxygen atoms in total. The van der Waals surface area contributed by atoms with Gasteiger partial charge in [0.15, 0.2) is 0 Å². The zero-order chi connectivity index (χ0) is 23.7. The number of imide groups is 1. The fourth-order valence-corrected chi connectivity index (χ4v) is 3.80. The Morgan fingerprint density at radius 3 is 2.33 bits per heavy atom. The smallest absolute Gasteiger partial charge is 0.283 e. The number of aryl methyl sites for hydroxylation is 1. The van der Waals surface area contributed by atoms with E-state index in [1.807, 2.05) is 6.92 Å². The molecule has 3 aromatic carbocycles. The number of hydrogen-bond acceptors (Lipinski definition) is 4. The van der Waals surface area contributed by atoms with E-state index in [1.54, 1.807) is 60.7 Å². The van der Waals surface area contributed by atoms with E-state index in [1.165, 1.54) is 6.07 Å². The number of benzene rings is 3. The summed E-state index contributed by atoms with van der Waals surface area (Å²) in [5, 5.41) is 6.29. The Morgan fingerprint density at radius 2 is 1.61 bits per heavy atom. The van der Waals surface area contributed by atoms with Crippen molar-refractivity contribution in [2.24, 2.45) is 0 Å². The van der Waals surface area contributed by atoms with E-state index in [0.717, 1.165) is 10.5 Å². The summed E-state index contributed by atoms with van der Waals surface area (Å²) < 4.78 is 0. The number of amides is 3. The predicted molar refractivity (Wildman–Crippen MR) is 131 cm³/mol. The lowest BCUT2D eigenvalue weighted by Crippen LogP contribution is -2.32. The monoisotopic (exact) mass is 499 g/mol. The van der Waals surface area contributed by atoms with Crippen LogP contribution in [0.5, 0.6) is 0 Å². The van der Waals surface area contributed by atoms with Gasteiger partial charge in [0.1, 0.15) is 10.7 Å². The molecule has 1 heterocycles. The average molecular weight is 501 g/mol. The zero-order valence-corrected chi connectivity index (χ0v) is 19.4. The first-order valence-electron chi connectivity index (χ1n) is 9.73. The summed E-state index contributed by atoms with van der Waals surface area (Å²) in [5.41, 5.74) is 2.40. The second-order valence-electron chi connectivity index (χ2n) is 7.24. The minimum Gasteiger partial charge on any atom is -0.350 e. The predicted octanol–water partition coefficient (Wildman–Crippen LogP) is 5.99. The van der Waals surface area contributed by atoms with Crippen molar-refractivity contribution < 1.29 is 14.4 Å². The quantitative estimate of drug-likeness (QED) is 0.422. The largest absolute Gasteiger partial charge is 0.350 e. The Kier molecular flexibility index (Phi) is 6.42. The van der Waals surface area contributed by atoms with Gasteiger partial charge in [-0.2, -0.15) is 0 Å². The molecule has 0 aliphatic carbocycles. The molecule has 0 unspecified atom stereocenters. The van der Waals surface area contributed by atoms with Crippen molar-refractivity contribution in [2.45, 2.75) is 6.92 Å². The van der Waals surface area contributed by atoms with Crippen molar-refractivity contribution in [3.8, 4) is 0 Å². The van der Waals surface area contributed by atoms with Crippen LogP contribution in [0, 0.1) is 6.92 Å². The highest BCUT2D eigenvalue weighted by Crippen LogP contribution is 2.31. The highest BCUT2D eigenvalue weighted by atomic mass is 35.5. The van der Waals surface area contributed by atoms with E-state index in [-0.39, 0.29) is 16.6 Å². The van der Waals surface area contributed by atoms with E-state index >= 15 is 0 Å². The maximum absolute atomic E-state index is 12.9. The highest BCUT2D eigenvalue weighted by molar-refractivity contribution is 6.53. The molecule has 0 bridgehead atoms. The topological polar surface area (TPSA) is 78.5 Å². The summed E-state index contributed by atoms with van der Waals surface area (Å²) >= 11 is 18.3. The Bertz CT molecular complexity index is 1340. The van der Waals surface area contributed by atoms with Gasteiger partial charge in [-0.3, -0.25) is 14.4 Å². The Balaban J connectivity index is 1.54. The third-order valence-electron chi connectivity index (χ3n) is 4.92.